The van der Waals surface area contributed by atoms with Crippen molar-refractivity contribution >= 4 is 15.7 Å². The molecule has 2 rings (SSSR count). The molecule has 0 aliphatic rings. The molecular weight excluding hydrogens is 390 g/mol. The van der Waals surface area contributed by atoms with Gasteiger partial charge in [-0.25, -0.2) is 8.42 Å². The summed E-state index contributed by atoms with van der Waals surface area (Å²) in [5.41, 5.74) is 1.07. The lowest BCUT2D eigenvalue weighted by Gasteiger charge is -2.26. The molecule has 0 aliphatic carbocycles. The molecule has 2 aromatic carbocycles. The molecule has 0 aromatic heterocycles. The largest absolute Gasteiger partial charge is 0.496 e. The minimum Gasteiger partial charge on any atom is -0.496 e. The van der Waals surface area contributed by atoms with Gasteiger partial charge in [-0.1, -0.05) is 18.2 Å². The Morgan fingerprint density at radius 1 is 1.11 bits per heavy atom. The molecule has 1 amide bonds. The van der Waals surface area contributed by atoms with Gasteiger partial charge in [-0.05, 0) is 44.4 Å². The van der Waals surface area contributed by atoms with Crippen LogP contribution in [-0.2, 0) is 9.84 Å². The average Bonchev–Trinajstić information content (AvgIpc) is 2.68. The smallest absolute Gasteiger partial charge is 0.341 e. The molecule has 0 aliphatic heterocycles. The number of sulfone groups is 1. The van der Waals surface area contributed by atoms with Gasteiger partial charge < -0.3 is 15.0 Å². The topological polar surface area (TPSA) is 75.7 Å². The summed E-state index contributed by atoms with van der Waals surface area (Å²) >= 11 is 0. The molecular formula is C19H22F2N2O4S. The average molecular weight is 412 g/mol. The van der Waals surface area contributed by atoms with Crippen molar-refractivity contribution in [1.82, 2.24) is 10.2 Å². The van der Waals surface area contributed by atoms with E-state index in [1.807, 2.05) is 43.3 Å². The first-order valence-corrected chi connectivity index (χ1v) is 9.92. The number of rotatable bonds is 8. The number of hydrogen-bond donors (Lipinski definition) is 1. The molecule has 0 fully saturated rings. The molecule has 0 spiro atoms. The van der Waals surface area contributed by atoms with Crippen molar-refractivity contribution in [3.05, 3.63) is 59.7 Å². The normalized spacial score (nSPS) is 12.8. The first kappa shape index (κ1) is 21.8. The number of nitrogens with zero attached hydrogens (tertiary/aromatic N) is 1. The molecule has 0 saturated heterocycles. The standard InChI is InChI=1S/C19H22F2N2O4S/c1-23(2)16(15-6-4-5-7-17(15)27-3)12-22-18(24)13-8-10-14(11-9-13)28(25,26)19(20)21/h4-11,16,19H,12H2,1-3H3,(H,22,24). The molecule has 0 saturated carbocycles. The van der Waals surface area contributed by atoms with E-state index in [-0.39, 0.29) is 18.2 Å². The third-order valence-corrected chi connectivity index (χ3v) is 5.66. The SMILES string of the molecule is COc1ccccc1C(CNC(=O)c1ccc(S(=O)(=O)C(F)F)cc1)N(C)C. The summed E-state index contributed by atoms with van der Waals surface area (Å²) in [6, 6.07) is 11.7. The van der Waals surface area contributed by atoms with E-state index in [9.17, 15) is 22.0 Å². The second-order valence-electron chi connectivity index (χ2n) is 6.26. The van der Waals surface area contributed by atoms with Gasteiger partial charge in [0.05, 0.1) is 18.0 Å². The van der Waals surface area contributed by atoms with Crippen LogP contribution in [0.4, 0.5) is 8.78 Å². The number of methoxy groups -OCH3 is 1. The van der Waals surface area contributed by atoms with Crippen LogP contribution in [0.3, 0.4) is 0 Å². The molecule has 1 N–H and O–H groups in total. The Morgan fingerprint density at radius 2 is 1.71 bits per heavy atom. The predicted molar refractivity (Wildman–Crippen MR) is 101 cm³/mol. The maximum Gasteiger partial charge on any atom is 0.341 e. The van der Waals surface area contributed by atoms with Crippen molar-refractivity contribution in [2.24, 2.45) is 0 Å². The number of likely N-dealkylation sites (N-methyl/N-ethyl adjacent to an activating group) is 1. The second kappa shape index (κ2) is 9.11. The summed E-state index contributed by atoms with van der Waals surface area (Å²) in [4.78, 5) is 13.8. The summed E-state index contributed by atoms with van der Waals surface area (Å²) in [7, 11) is 0.620. The van der Waals surface area contributed by atoms with Crippen LogP contribution in [0.25, 0.3) is 0 Å². The number of halogens is 2. The van der Waals surface area contributed by atoms with Gasteiger partial charge in [0.1, 0.15) is 5.75 Å². The Kier molecular flexibility index (Phi) is 7.09. The maximum absolute atomic E-state index is 12.6. The van der Waals surface area contributed by atoms with Crippen LogP contribution in [0.15, 0.2) is 53.4 Å². The van der Waals surface area contributed by atoms with Crippen LogP contribution in [0.2, 0.25) is 0 Å². The minimum atomic E-state index is -4.69. The zero-order valence-corrected chi connectivity index (χ0v) is 16.5. The van der Waals surface area contributed by atoms with E-state index in [1.54, 1.807) is 7.11 Å². The third-order valence-electron chi connectivity index (χ3n) is 4.26. The van der Waals surface area contributed by atoms with Crippen molar-refractivity contribution in [3.8, 4) is 5.75 Å². The van der Waals surface area contributed by atoms with Crippen LogP contribution in [-0.4, -0.2) is 52.7 Å². The fourth-order valence-corrected chi connectivity index (χ4v) is 3.42. The van der Waals surface area contributed by atoms with Crippen LogP contribution < -0.4 is 10.1 Å². The lowest BCUT2D eigenvalue weighted by atomic mass is 10.0. The highest BCUT2D eigenvalue weighted by Crippen LogP contribution is 2.27. The second-order valence-corrected chi connectivity index (χ2v) is 8.18. The molecule has 152 valence electrons. The first-order chi connectivity index (χ1) is 13.2. The first-order valence-electron chi connectivity index (χ1n) is 8.38. The molecule has 0 heterocycles. The van der Waals surface area contributed by atoms with Gasteiger partial charge in [0.25, 0.3) is 5.91 Å². The van der Waals surface area contributed by atoms with Crippen LogP contribution in [0.1, 0.15) is 22.0 Å². The molecule has 2 aromatic rings. The highest BCUT2D eigenvalue weighted by Gasteiger charge is 2.26. The zero-order valence-electron chi connectivity index (χ0n) is 15.7. The Hall–Kier alpha value is -2.52. The molecule has 1 unspecified atom stereocenters. The summed E-state index contributed by atoms with van der Waals surface area (Å²) in [6.45, 7) is 0.267. The van der Waals surface area contributed by atoms with Crippen molar-refractivity contribution in [2.75, 3.05) is 27.7 Å². The summed E-state index contributed by atoms with van der Waals surface area (Å²) < 4.78 is 53.4. The Labute approximate surface area is 163 Å². The van der Waals surface area contributed by atoms with Crippen LogP contribution >= 0.6 is 0 Å². The number of nitrogens with one attached hydrogen (secondary N) is 1. The monoisotopic (exact) mass is 412 g/mol. The van der Waals surface area contributed by atoms with Gasteiger partial charge in [-0.3, -0.25) is 4.79 Å². The fraction of sp³-hybridized carbons (Fsp3) is 0.316. The number of carbonyl (C=O) groups excluding carboxylic acids is 1. The number of para-hydroxylation sites is 1. The lowest BCUT2D eigenvalue weighted by molar-refractivity contribution is 0.0941. The van der Waals surface area contributed by atoms with Gasteiger partial charge >= 0.3 is 5.76 Å². The predicted octanol–water partition coefficient (Wildman–Crippen LogP) is 2.72. The van der Waals surface area contributed by atoms with Crippen molar-refractivity contribution in [2.45, 2.75) is 16.7 Å². The van der Waals surface area contributed by atoms with Gasteiger partial charge in [0.15, 0.2) is 0 Å². The van der Waals surface area contributed by atoms with E-state index in [2.05, 4.69) is 5.32 Å². The van der Waals surface area contributed by atoms with Crippen molar-refractivity contribution in [3.63, 3.8) is 0 Å². The molecule has 0 radical (unpaired) electrons. The fourth-order valence-electron chi connectivity index (χ4n) is 2.70. The van der Waals surface area contributed by atoms with Crippen molar-refractivity contribution < 1.29 is 26.7 Å². The van der Waals surface area contributed by atoms with E-state index < -0.39 is 26.4 Å². The number of carbonyl (C=O) groups is 1. The van der Waals surface area contributed by atoms with E-state index >= 15 is 0 Å². The highest BCUT2D eigenvalue weighted by atomic mass is 32.2. The number of amides is 1. The van der Waals surface area contributed by atoms with Crippen LogP contribution in [0.5, 0.6) is 5.75 Å². The Bertz CT molecular complexity index is 916. The van der Waals surface area contributed by atoms with Gasteiger partial charge in [0.2, 0.25) is 9.84 Å². The van der Waals surface area contributed by atoms with Gasteiger partial charge in [0, 0.05) is 17.7 Å². The quantitative estimate of drug-likeness (QED) is 0.722. The molecule has 1 atom stereocenters. The minimum absolute atomic E-state index is 0.168. The Balaban J connectivity index is 2.13. The van der Waals surface area contributed by atoms with E-state index in [1.165, 1.54) is 12.1 Å². The molecule has 0 bridgehead atoms. The third kappa shape index (κ3) is 4.85. The molecule has 6 nitrogen and oxygen atoms in total. The van der Waals surface area contributed by atoms with Crippen LogP contribution in [0, 0.1) is 0 Å². The van der Waals surface area contributed by atoms with Gasteiger partial charge in [-0.15, -0.1) is 0 Å². The molecule has 9 heteroatoms. The lowest BCUT2D eigenvalue weighted by Crippen LogP contribution is -2.34. The zero-order chi connectivity index (χ0) is 20.9. The van der Waals surface area contributed by atoms with Gasteiger partial charge in [-0.2, -0.15) is 8.78 Å². The summed E-state index contributed by atoms with van der Waals surface area (Å²) in [5.74, 6) is -3.26. The Morgan fingerprint density at radius 3 is 2.25 bits per heavy atom. The number of hydrogen-bond acceptors (Lipinski definition) is 5. The van der Waals surface area contributed by atoms with E-state index in [0.29, 0.717) is 5.75 Å². The number of benzene rings is 2. The van der Waals surface area contributed by atoms with E-state index in [0.717, 1.165) is 17.7 Å². The maximum atomic E-state index is 12.6. The number of alkyl halides is 2. The highest BCUT2D eigenvalue weighted by molar-refractivity contribution is 7.91. The summed E-state index contributed by atoms with van der Waals surface area (Å²) in [6.07, 6.45) is 0. The van der Waals surface area contributed by atoms with E-state index in [4.69, 9.17) is 4.74 Å². The number of ether oxygens (including phenoxy) is 1. The van der Waals surface area contributed by atoms with Crippen molar-refractivity contribution in [1.29, 1.82) is 0 Å². The summed E-state index contributed by atoms with van der Waals surface area (Å²) in [5, 5.41) is 2.78. The molecule has 28 heavy (non-hydrogen) atoms.